The molecular formula is C17H28N6O2. The highest BCUT2D eigenvalue weighted by atomic mass is 16.2. The first-order valence-corrected chi connectivity index (χ1v) is 8.79. The van der Waals surface area contributed by atoms with E-state index < -0.39 is 6.04 Å². The highest BCUT2D eigenvalue weighted by Crippen LogP contribution is 2.10. The average molecular weight is 348 g/mol. The summed E-state index contributed by atoms with van der Waals surface area (Å²) in [5, 5.41) is 13.6. The zero-order chi connectivity index (χ0) is 18.2. The van der Waals surface area contributed by atoms with Crippen LogP contribution in [-0.2, 0) is 22.7 Å². The van der Waals surface area contributed by atoms with Gasteiger partial charge in [-0.2, -0.15) is 0 Å². The number of carbonyl (C=O) groups is 2. The largest absolute Gasteiger partial charge is 0.353 e. The Morgan fingerprint density at radius 3 is 3.00 bits per heavy atom. The third-order valence-electron chi connectivity index (χ3n) is 4.16. The van der Waals surface area contributed by atoms with Crippen LogP contribution in [0.5, 0.6) is 0 Å². The van der Waals surface area contributed by atoms with Crippen molar-refractivity contribution < 1.29 is 9.59 Å². The maximum Gasteiger partial charge on any atom is 0.237 e. The molecular weight excluding hydrogens is 320 g/mol. The fourth-order valence-electron chi connectivity index (χ4n) is 2.77. The van der Waals surface area contributed by atoms with E-state index in [-0.39, 0.29) is 18.2 Å². The molecule has 138 valence electrons. The van der Waals surface area contributed by atoms with Crippen molar-refractivity contribution in [1.29, 1.82) is 0 Å². The van der Waals surface area contributed by atoms with Gasteiger partial charge >= 0.3 is 0 Å². The van der Waals surface area contributed by atoms with Crippen LogP contribution in [-0.4, -0.2) is 57.2 Å². The van der Waals surface area contributed by atoms with E-state index >= 15 is 0 Å². The summed E-state index contributed by atoms with van der Waals surface area (Å²) in [5.74, 6) is 0.484. The van der Waals surface area contributed by atoms with Crippen molar-refractivity contribution in [1.82, 2.24) is 30.3 Å². The van der Waals surface area contributed by atoms with Crippen LogP contribution in [0.2, 0.25) is 0 Å². The summed E-state index contributed by atoms with van der Waals surface area (Å²) in [7, 11) is 0. The van der Waals surface area contributed by atoms with Crippen LogP contribution >= 0.6 is 0 Å². The third kappa shape index (κ3) is 5.67. The molecule has 0 bridgehead atoms. The predicted octanol–water partition coefficient (Wildman–Crippen LogP) is 0.461. The SMILES string of the molecule is CCCn1cnnc1CNC(=O)C[C@@H]1C(=O)NCCN1CC=C(C)C. The van der Waals surface area contributed by atoms with E-state index in [0.717, 1.165) is 25.3 Å². The molecule has 0 aliphatic carbocycles. The minimum atomic E-state index is -0.433. The normalized spacial score (nSPS) is 17.9. The summed E-state index contributed by atoms with van der Waals surface area (Å²) in [4.78, 5) is 26.5. The molecule has 0 saturated carbocycles. The molecule has 1 aliphatic heterocycles. The molecule has 1 fully saturated rings. The Bertz CT molecular complexity index is 620. The smallest absolute Gasteiger partial charge is 0.237 e. The van der Waals surface area contributed by atoms with Gasteiger partial charge in [0.25, 0.3) is 0 Å². The molecule has 1 aliphatic rings. The number of nitrogens with zero attached hydrogens (tertiary/aromatic N) is 4. The van der Waals surface area contributed by atoms with Gasteiger partial charge < -0.3 is 15.2 Å². The molecule has 2 amide bonds. The molecule has 0 radical (unpaired) electrons. The second-order valence-corrected chi connectivity index (χ2v) is 6.50. The first kappa shape index (κ1) is 19.1. The maximum atomic E-state index is 12.3. The van der Waals surface area contributed by atoms with Crippen molar-refractivity contribution in [3.05, 3.63) is 23.8 Å². The number of hydrogen-bond donors (Lipinski definition) is 2. The predicted molar refractivity (Wildman–Crippen MR) is 94.6 cm³/mol. The van der Waals surface area contributed by atoms with Gasteiger partial charge in [0, 0.05) is 26.2 Å². The van der Waals surface area contributed by atoms with Gasteiger partial charge in [0.05, 0.1) is 19.0 Å². The molecule has 0 spiro atoms. The van der Waals surface area contributed by atoms with Gasteiger partial charge in [-0.1, -0.05) is 18.6 Å². The Labute approximate surface area is 148 Å². The van der Waals surface area contributed by atoms with E-state index in [0.29, 0.717) is 19.6 Å². The third-order valence-corrected chi connectivity index (χ3v) is 4.16. The van der Waals surface area contributed by atoms with Crippen molar-refractivity contribution in [2.45, 2.75) is 52.7 Å². The summed E-state index contributed by atoms with van der Waals surface area (Å²) in [5.41, 5.74) is 1.20. The van der Waals surface area contributed by atoms with E-state index in [1.165, 1.54) is 5.57 Å². The van der Waals surface area contributed by atoms with Crippen LogP contribution in [0.4, 0.5) is 0 Å². The standard InChI is InChI=1S/C17H28N6O2/c1-4-7-23-12-20-21-15(23)11-19-16(24)10-14-17(25)18-6-9-22(14)8-5-13(2)3/h5,12,14H,4,6-11H2,1-3H3,(H,18,25)(H,19,24)/t14-/m1/s1. The van der Waals surface area contributed by atoms with Crippen molar-refractivity contribution in [3.8, 4) is 0 Å². The minimum Gasteiger partial charge on any atom is -0.353 e. The molecule has 8 heteroatoms. The molecule has 25 heavy (non-hydrogen) atoms. The molecule has 1 atom stereocenters. The number of carbonyl (C=O) groups excluding carboxylic acids is 2. The molecule has 0 aromatic carbocycles. The zero-order valence-electron chi connectivity index (χ0n) is 15.3. The van der Waals surface area contributed by atoms with Crippen LogP contribution in [0.15, 0.2) is 18.0 Å². The van der Waals surface area contributed by atoms with Gasteiger partial charge in [-0.05, 0) is 20.3 Å². The Morgan fingerprint density at radius 1 is 1.48 bits per heavy atom. The molecule has 2 heterocycles. The van der Waals surface area contributed by atoms with Gasteiger partial charge in [-0.3, -0.25) is 14.5 Å². The lowest BCUT2D eigenvalue weighted by atomic mass is 10.1. The highest BCUT2D eigenvalue weighted by Gasteiger charge is 2.30. The molecule has 8 nitrogen and oxygen atoms in total. The summed E-state index contributed by atoms with van der Waals surface area (Å²) in [6, 6.07) is -0.433. The van der Waals surface area contributed by atoms with Crippen LogP contribution in [0.1, 0.15) is 39.4 Å². The van der Waals surface area contributed by atoms with E-state index in [4.69, 9.17) is 0 Å². The lowest BCUT2D eigenvalue weighted by Crippen LogP contribution is -2.56. The van der Waals surface area contributed by atoms with Gasteiger partial charge in [0.15, 0.2) is 5.82 Å². The number of rotatable bonds is 8. The minimum absolute atomic E-state index is 0.0855. The van der Waals surface area contributed by atoms with Crippen LogP contribution in [0, 0.1) is 0 Å². The fourth-order valence-corrected chi connectivity index (χ4v) is 2.77. The van der Waals surface area contributed by atoms with Gasteiger partial charge in [0.2, 0.25) is 11.8 Å². The Morgan fingerprint density at radius 2 is 2.28 bits per heavy atom. The summed E-state index contributed by atoms with van der Waals surface area (Å²) >= 11 is 0. The fraction of sp³-hybridized carbons (Fsp3) is 0.647. The second-order valence-electron chi connectivity index (χ2n) is 6.50. The van der Waals surface area contributed by atoms with Crippen molar-refractivity contribution in [2.24, 2.45) is 0 Å². The van der Waals surface area contributed by atoms with Crippen LogP contribution < -0.4 is 10.6 Å². The quantitative estimate of drug-likeness (QED) is 0.666. The zero-order valence-corrected chi connectivity index (χ0v) is 15.3. The van der Waals surface area contributed by atoms with Crippen LogP contribution in [0.25, 0.3) is 0 Å². The molecule has 1 saturated heterocycles. The number of aromatic nitrogens is 3. The number of amides is 2. The molecule has 0 unspecified atom stereocenters. The number of aryl methyl sites for hydroxylation is 1. The summed E-state index contributed by atoms with van der Waals surface area (Å²) < 4.78 is 1.93. The molecule has 2 rings (SSSR count). The number of piperazine rings is 1. The van der Waals surface area contributed by atoms with Gasteiger partial charge in [0.1, 0.15) is 6.33 Å². The Balaban J connectivity index is 1.91. The van der Waals surface area contributed by atoms with Crippen molar-refractivity contribution in [3.63, 3.8) is 0 Å². The Hall–Kier alpha value is -2.22. The van der Waals surface area contributed by atoms with E-state index in [1.807, 2.05) is 23.3 Å². The second kappa shape index (κ2) is 9.31. The first-order chi connectivity index (χ1) is 12.0. The number of allylic oxidation sites excluding steroid dienone is 1. The average Bonchev–Trinajstić information content (AvgIpc) is 3.01. The maximum absolute atomic E-state index is 12.3. The van der Waals surface area contributed by atoms with Crippen LogP contribution in [0.3, 0.4) is 0 Å². The highest BCUT2D eigenvalue weighted by molar-refractivity contribution is 5.88. The van der Waals surface area contributed by atoms with Crippen molar-refractivity contribution in [2.75, 3.05) is 19.6 Å². The molecule has 1 aromatic rings. The molecule has 2 N–H and O–H groups in total. The monoisotopic (exact) mass is 348 g/mol. The Kier molecular flexibility index (Phi) is 7.12. The topological polar surface area (TPSA) is 92.1 Å². The number of hydrogen-bond acceptors (Lipinski definition) is 5. The summed E-state index contributed by atoms with van der Waals surface area (Å²) in [6.07, 6.45) is 4.86. The van der Waals surface area contributed by atoms with Gasteiger partial charge in [-0.25, -0.2) is 0 Å². The van der Waals surface area contributed by atoms with E-state index in [9.17, 15) is 9.59 Å². The number of nitrogens with one attached hydrogen (secondary N) is 2. The lowest BCUT2D eigenvalue weighted by molar-refractivity contribution is -0.133. The first-order valence-electron chi connectivity index (χ1n) is 8.79. The van der Waals surface area contributed by atoms with E-state index in [2.05, 4.69) is 33.8 Å². The molecule has 1 aromatic heterocycles. The summed E-state index contributed by atoms with van der Waals surface area (Å²) in [6.45, 7) is 9.31. The lowest BCUT2D eigenvalue weighted by Gasteiger charge is -2.34. The van der Waals surface area contributed by atoms with E-state index in [1.54, 1.807) is 6.33 Å². The van der Waals surface area contributed by atoms with Crippen molar-refractivity contribution >= 4 is 11.8 Å². The van der Waals surface area contributed by atoms with Gasteiger partial charge in [-0.15, -0.1) is 10.2 Å².